The molecule has 4 N–H and O–H groups in total. The quantitative estimate of drug-likeness (QED) is 0.549. The number of nitrogens with zero attached hydrogens (tertiary/aromatic N) is 1. The lowest BCUT2D eigenvalue weighted by atomic mass is 10.1. The zero-order chi connectivity index (χ0) is 17.0. The van der Waals surface area contributed by atoms with Crippen LogP contribution in [0.2, 0.25) is 0 Å². The van der Waals surface area contributed by atoms with Gasteiger partial charge in [-0.05, 0) is 22.9 Å². The molecule has 8 heteroatoms. The maximum Gasteiger partial charge on any atom is 0.262 e. The second-order valence-corrected chi connectivity index (χ2v) is 5.39. The Labute approximate surface area is 133 Å². The number of hydrogen-bond donors (Lipinski definition) is 3. The van der Waals surface area contributed by atoms with Crippen molar-refractivity contribution in [2.45, 2.75) is 0 Å². The number of carbonyl (C=O) groups is 2. The van der Waals surface area contributed by atoms with Gasteiger partial charge in [0.05, 0.1) is 16.8 Å². The van der Waals surface area contributed by atoms with E-state index in [1.165, 1.54) is 6.07 Å². The van der Waals surface area contributed by atoms with Crippen molar-refractivity contribution in [3.63, 3.8) is 0 Å². The largest absolute Gasteiger partial charge is 0.384 e. The highest BCUT2D eigenvalue weighted by Gasteiger charge is 2.31. The fourth-order valence-electron chi connectivity index (χ4n) is 2.84. The maximum atomic E-state index is 12.4. The van der Waals surface area contributed by atoms with E-state index in [-0.39, 0.29) is 22.5 Å². The minimum atomic E-state index is -0.643. The van der Waals surface area contributed by atoms with Gasteiger partial charge in [0.15, 0.2) is 0 Å². The minimum Gasteiger partial charge on any atom is -0.384 e. The topological polar surface area (TPSA) is 127 Å². The number of amides is 2. The van der Waals surface area contributed by atoms with Crippen LogP contribution in [0.25, 0.3) is 16.5 Å². The number of aromatic amines is 1. The normalized spacial score (nSPS) is 13.2. The van der Waals surface area contributed by atoms with Gasteiger partial charge in [-0.15, -0.1) is 0 Å². The predicted molar refractivity (Wildman–Crippen MR) is 86.4 cm³/mol. The SMILES string of the molecule is Nc1c2c(cc(=O)n1-c1ccc3c[nH]c(=O)cc3c1)C(=O)NC2=O. The summed E-state index contributed by atoms with van der Waals surface area (Å²) in [4.78, 5) is 49.9. The first-order chi connectivity index (χ1) is 11.5. The molecular formula is C16H10N4O4. The molecule has 0 atom stereocenters. The summed E-state index contributed by atoms with van der Waals surface area (Å²) in [5, 5.41) is 3.50. The zero-order valence-corrected chi connectivity index (χ0v) is 12.1. The Kier molecular flexibility index (Phi) is 2.71. The average molecular weight is 322 g/mol. The van der Waals surface area contributed by atoms with Crippen LogP contribution in [0, 0.1) is 0 Å². The van der Waals surface area contributed by atoms with E-state index in [0.29, 0.717) is 11.1 Å². The number of benzene rings is 1. The summed E-state index contributed by atoms with van der Waals surface area (Å²) >= 11 is 0. The lowest BCUT2D eigenvalue weighted by Gasteiger charge is -2.12. The molecule has 1 aliphatic heterocycles. The number of pyridine rings is 2. The smallest absolute Gasteiger partial charge is 0.262 e. The van der Waals surface area contributed by atoms with Crippen molar-refractivity contribution in [2.75, 3.05) is 5.73 Å². The summed E-state index contributed by atoms with van der Waals surface area (Å²) in [7, 11) is 0. The van der Waals surface area contributed by atoms with E-state index in [0.717, 1.165) is 16.0 Å². The Morgan fingerprint density at radius 2 is 1.71 bits per heavy atom. The Morgan fingerprint density at radius 1 is 0.917 bits per heavy atom. The van der Waals surface area contributed by atoms with Gasteiger partial charge in [-0.25, -0.2) is 0 Å². The molecule has 2 aromatic heterocycles. The molecule has 0 spiro atoms. The molecule has 0 aliphatic carbocycles. The fraction of sp³-hybridized carbons (Fsp3) is 0. The van der Waals surface area contributed by atoms with Crippen molar-refractivity contribution in [1.29, 1.82) is 0 Å². The third-order valence-electron chi connectivity index (χ3n) is 3.94. The van der Waals surface area contributed by atoms with Crippen LogP contribution in [-0.4, -0.2) is 21.4 Å². The second-order valence-electron chi connectivity index (χ2n) is 5.39. The van der Waals surface area contributed by atoms with E-state index < -0.39 is 17.4 Å². The monoisotopic (exact) mass is 322 g/mol. The first kappa shape index (κ1) is 13.9. The van der Waals surface area contributed by atoms with Crippen LogP contribution in [-0.2, 0) is 0 Å². The number of hydrogen-bond acceptors (Lipinski definition) is 5. The van der Waals surface area contributed by atoms with E-state index in [9.17, 15) is 19.2 Å². The first-order valence-electron chi connectivity index (χ1n) is 7.00. The molecule has 3 aromatic rings. The summed E-state index contributed by atoms with van der Waals surface area (Å²) in [5.74, 6) is -1.40. The highest BCUT2D eigenvalue weighted by Crippen LogP contribution is 2.24. The number of fused-ring (bicyclic) bond motifs is 2. The van der Waals surface area contributed by atoms with Crippen molar-refractivity contribution in [1.82, 2.24) is 14.9 Å². The molecule has 0 saturated carbocycles. The van der Waals surface area contributed by atoms with Crippen LogP contribution in [0.3, 0.4) is 0 Å². The van der Waals surface area contributed by atoms with Crippen LogP contribution in [0.5, 0.6) is 0 Å². The summed E-state index contributed by atoms with van der Waals surface area (Å²) < 4.78 is 1.14. The van der Waals surface area contributed by atoms with Gasteiger partial charge >= 0.3 is 0 Å². The van der Waals surface area contributed by atoms with Crippen molar-refractivity contribution in [2.24, 2.45) is 0 Å². The molecule has 0 radical (unpaired) electrons. The number of nitrogens with one attached hydrogen (secondary N) is 2. The number of imide groups is 1. The van der Waals surface area contributed by atoms with E-state index in [4.69, 9.17) is 5.73 Å². The molecule has 8 nitrogen and oxygen atoms in total. The molecule has 1 aromatic carbocycles. The Morgan fingerprint density at radius 3 is 2.50 bits per heavy atom. The molecular weight excluding hydrogens is 312 g/mol. The minimum absolute atomic E-state index is 0.0226. The highest BCUT2D eigenvalue weighted by molar-refractivity contribution is 6.23. The van der Waals surface area contributed by atoms with Gasteiger partial charge in [-0.1, -0.05) is 6.07 Å². The molecule has 24 heavy (non-hydrogen) atoms. The Bertz CT molecular complexity index is 1170. The summed E-state index contributed by atoms with van der Waals surface area (Å²) in [6, 6.07) is 7.44. The molecule has 1 aliphatic rings. The number of anilines is 1. The van der Waals surface area contributed by atoms with Gasteiger partial charge in [0.1, 0.15) is 5.82 Å². The molecule has 2 amide bonds. The summed E-state index contributed by atoms with van der Waals surface area (Å²) in [6.45, 7) is 0. The lowest BCUT2D eigenvalue weighted by Crippen LogP contribution is -2.24. The van der Waals surface area contributed by atoms with Gasteiger partial charge in [0, 0.05) is 18.3 Å². The fourth-order valence-corrected chi connectivity index (χ4v) is 2.84. The van der Waals surface area contributed by atoms with Crippen LogP contribution in [0.4, 0.5) is 5.82 Å². The van der Waals surface area contributed by atoms with Crippen molar-refractivity contribution >= 4 is 28.4 Å². The molecule has 3 heterocycles. The molecule has 4 rings (SSSR count). The van der Waals surface area contributed by atoms with Crippen molar-refractivity contribution < 1.29 is 9.59 Å². The summed E-state index contributed by atoms with van der Waals surface area (Å²) in [5.41, 5.74) is 5.50. The van der Waals surface area contributed by atoms with E-state index in [1.807, 2.05) is 0 Å². The van der Waals surface area contributed by atoms with E-state index >= 15 is 0 Å². The highest BCUT2D eigenvalue weighted by atomic mass is 16.2. The molecule has 0 bridgehead atoms. The Balaban J connectivity index is 2.03. The Hall–Kier alpha value is -3.68. The van der Waals surface area contributed by atoms with Crippen LogP contribution < -0.4 is 22.2 Å². The summed E-state index contributed by atoms with van der Waals surface area (Å²) in [6.07, 6.45) is 1.56. The number of aromatic nitrogens is 2. The van der Waals surface area contributed by atoms with Crippen LogP contribution in [0.15, 0.2) is 46.1 Å². The van der Waals surface area contributed by atoms with Crippen molar-refractivity contribution in [3.05, 3.63) is 68.4 Å². The zero-order valence-electron chi connectivity index (χ0n) is 12.1. The number of H-pyrrole nitrogens is 1. The second kappa shape index (κ2) is 4.66. The molecule has 0 saturated heterocycles. The average Bonchev–Trinajstić information content (AvgIpc) is 2.81. The van der Waals surface area contributed by atoms with Gasteiger partial charge in [0.25, 0.3) is 17.4 Å². The number of nitrogens with two attached hydrogens (primary N) is 1. The van der Waals surface area contributed by atoms with Crippen LogP contribution >= 0.6 is 0 Å². The van der Waals surface area contributed by atoms with Gasteiger partial charge in [0.2, 0.25) is 5.56 Å². The van der Waals surface area contributed by atoms with E-state index in [2.05, 4.69) is 10.3 Å². The number of carbonyl (C=O) groups excluding carboxylic acids is 2. The van der Waals surface area contributed by atoms with E-state index in [1.54, 1.807) is 24.4 Å². The van der Waals surface area contributed by atoms with Gasteiger partial charge in [-0.3, -0.25) is 29.1 Å². The molecule has 118 valence electrons. The number of nitrogen functional groups attached to an aromatic ring is 1. The van der Waals surface area contributed by atoms with Crippen molar-refractivity contribution in [3.8, 4) is 5.69 Å². The lowest BCUT2D eigenvalue weighted by molar-refractivity contribution is 0.0880. The molecule has 0 fully saturated rings. The third-order valence-corrected chi connectivity index (χ3v) is 3.94. The maximum absolute atomic E-state index is 12.4. The predicted octanol–water partition coefficient (Wildman–Crippen LogP) is 0.145. The van der Waals surface area contributed by atoms with Crippen LogP contribution in [0.1, 0.15) is 20.7 Å². The standard InChI is InChI=1S/C16H10N4O4/c17-14-13-10(15(23)19-16(13)24)5-12(22)20(14)9-2-1-7-6-18-11(21)4-8(7)3-9/h1-6H,17H2,(H,18,21)(H,19,23,24). The van der Waals surface area contributed by atoms with Gasteiger partial charge in [-0.2, -0.15) is 0 Å². The van der Waals surface area contributed by atoms with Gasteiger partial charge < -0.3 is 10.7 Å². The molecule has 0 unspecified atom stereocenters. The first-order valence-corrected chi connectivity index (χ1v) is 7.00. The number of rotatable bonds is 1. The third kappa shape index (κ3) is 1.86.